The van der Waals surface area contributed by atoms with Gasteiger partial charge in [0.2, 0.25) is 0 Å². The van der Waals surface area contributed by atoms with Gasteiger partial charge < -0.3 is 14.4 Å². The predicted octanol–water partition coefficient (Wildman–Crippen LogP) is 5.61. The van der Waals surface area contributed by atoms with Gasteiger partial charge in [-0.25, -0.2) is 9.78 Å². The Kier molecular flexibility index (Phi) is 6.88. The number of hydrogen-bond donors (Lipinski definition) is 1. The molecule has 4 atom stereocenters. The van der Waals surface area contributed by atoms with Crippen LogP contribution in [0.5, 0.6) is 0 Å². The number of methoxy groups -OCH3 is 1. The van der Waals surface area contributed by atoms with Crippen molar-refractivity contribution in [2.75, 3.05) is 12.0 Å². The van der Waals surface area contributed by atoms with E-state index in [1.807, 2.05) is 49.4 Å². The average Bonchev–Trinajstić information content (AvgIpc) is 3.30. The molecule has 2 heterocycles. The summed E-state index contributed by atoms with van der Waals surface area (Å²) in [6.07, 6.45) is 4.87. The van der Waals surface area contributed by atoms with Gasteiger partial charge in [-0.05, 0) is 56.7 Å². The summed E-state index contributed by atoms with van der Waals surface area (Å²) in [7, 11) is 1.39. The SMILES string of the molecule is COC(=O)N1c2ccc3c(nc(C[C@@H](C(=O)O)c4ccccc4)n3[C@H]3CCC[C@@H](C#N)C3)c2CC[C@H]1C. The number of imidazole rings is 1. The lowest BCUT2D eigenvalue weighted by Crippen LogP contribution is -2.42. The maximum atomic E-state index is 12.6. The van der Waals surface area contributed by atoms with E-state index in [0.29, 0.717) is 5.82 Å². The smallest absolute Gasteiger partial charge is 0.414 e. The molecule has 1 aliphatic carbocycles. The van der Waals surface area contributed by atoms with Crippen LogP contribution in [-0.4, -0.2) is 39.9 Å². The summed E-state index contributed by atoms with van der Waals surface area (Å²) < 4.78 is 7.26. The second-order valence-electron chi connectivity index (χ2n) is 10.2. The molecule has 3 aromatic rings. The number of fused-ring (bicyclic) bond motifs is 3. The molecule has 1 saturated carbocycles. The number of carbonyl (C=O) groups excluding carboxylic acids is 1. The zero-order valence-electron chi connectivity index (χ0n) is 21.3. The highest BCUT2D eigenvalue weighted by atomic mass is 16.5. The van der Waals surface area contributed by atoms with Gasteiger partial charge in [0.05, 0.1) is 35.8 Å². The first-order valence-electron chi connectivity index (χ1n) is 13.0. The van der Waals surface area contributed by atoms with Crippen molar-refractivity contribution in [1.82, 2.24) is 9.55 Å². The van der Waals surface area contributed by atoms with Gasteiger partial charge in [0.15, 0.2) is 0 Å². The van der Waals surface area contributed by atoms with Gasteiger partial charge in [-0.15, -0.1) is 0 Å². The molecule has 2 aliphatic rings. The van der Waals surface area contributed by atoms with E-state index in [2.05, 4.69) is 10.6 Å². The Hall–Kier alpha value is -3.86. The maximum Gasteiger partial charge on any atom is 0.414 e. The van der Waals surface area contributed by atoms with Crippen LogP contribution >= 0.6 is 0 Å². The molecule has 1 aromatic heterocycles. The second-order valence-corrected chi connectivity index (χ2v) is 10.2. The number of aliphatic carboxylic acids is 1. The molecular weight excluding hydrogens is 468 g/mol. The summed E-state index contributed by atoms with van der Waals surface area (Å²) in [5, 5.41) is 19.8. The number of aryl methyl sites for hydroxylation is 1. The third-order valence-corrected chi connectivity index (χ3v) is 7.98. The minimum atomic E-state index is -0.893. The van der Waals surface area contributed by atoms with Gasteiger partial charge >= 0.3 is 12.1 Å². The molecule has 0 spiro atoms. The summed E-state index contributed by atoms with van der Waals surface area (Å²) in [6, 6.07) is 15.7. The lowest BCUT2D eigenvalue weighted by atomic mass is 9.86. The van der Waals surface area contributed by atoms with Crippen molar-refractivity contribution in [3.63, 3.8) is 0 Å². The summed E-state index contributed by atoms with van der Waals surface area (Å²) in [4.78, 5) is 31.8. The number of nitrogens with zero attached hydrogens (tertiary/aromatic N) is 4. The van der Waals surface area contributed by atoms with Crippen LogP contribution in [0.3, 0.4) is 0 Å². The van der Waals surface area contributed by atoms with Gasteiger partial charge in [0.1, 0.15) is 5.82 Å². The first-order chi connectivity index (χ1) is 17.9. The molecule has 0 saturated heterocycles. The fraction of sp³-hybridized carbons (Fsp3) is 0.448. The van der Waals surface area contributed by atoms with Crippen LogP contribution < -0.4 is 4.90 Å². The molecule has 1 amide bonds. The fourth-order valence-corrected chi connectivity index (χ4v) is 6.11. The molecule has 8 heteroatoms. The zero-order chi connectivity index (χ0) is 26.1. The van der Waals surface area contributed by atoms with Crippen molar-refractivity contribution in [3.05, 3.63) is 59.4 Å². The van der Waals surface area contributed by atoms with Crippen LogP contribution in [0, 0.1) is 17.2 Å². The first kappa shape index (κ1) is 24.8. The fourth-order valence-electron chi connectivity index (χ4n) is 6.11. The van der Waals surface area contributed by atoms with Crippen LogP contribution in [0.2, 0.25) is 0 Å². The molecule has 5 rings (SSSR count). The molecule has 1 fully saturated rings. The number of hydrogen-bond acceptors (Lipinski definition) is 5. The van der Waals surface area contributed by atoms with E-state index in [1.165, 1.54) is 7.11 Å². The quantitative estimate of drug-likeness (QED) is 0.488. The molecule has 2 aromatic carbocycles. The van der Waals surface area contributed by atoms with Gasteiger partial charge in [-0.1, -0.05) is 36.8 Å². The van der Waals surface area contributed by atoms with Crippen LogP contribution in [0.1, 0.15) is 67.9 Å². The van der Waals surface area contributed by atoms with Crippen molar-refractivity contribution in [2.24, 2.45) is 5.92 Å². The summed E-state index contributed by atoms with van der Waals surface area (Å²) in [5.41, 5.74) is 4.27. The van der Waals surface area contributed by atoms with E-state index in [-0.39, 0.29) is 24.4 Å². The van der Waals surface area contributed by atoms with E-state index in [0.717, 1.165) is 66.4 Å². The normalized spacial score (nSPS) is 22.2. The molecule has 192 valence electrons. The number of nitriles is 1. The molecule has 0 unspecified atom stereocenters. The Labute approximate surface area is 216 Å². The number of amides is 1. The van der Waals surface area contributed by atoms with Crippen LogP contribution in [0.15, 0.2) is 42.5 Å². The number of anilines is 1. The van der Waals surface area contributed by atoms with E-state index >= 15 is 0 Å². The molecular formula is C29H32N4O4. The van der Waals surface area contributed by atoms with Gasteiger partial charge in [-0.3, -0.25) is 9.69 Å². The lowest BCUT2D eigenvalue weighted by Gasteiger charge is -2.34. The van der Waals surface area contributed by atoms with Gasteiger partial charge in [0.25, 0.3) is 0 Å². The molecule has 37 heavy (non-hydrogen) atoms. The van der Waals surface area contributed by atoms with Crippen molar-refractivity contribution in [2.45, 2.75) is 69.9 Å². The molecule has 1 aliphatic heterocycles. The van der Waals surface area contributed by atoms with Crippen molar-refractivity contribution in [3.8, 4) is 6.07 Å². The zero-order valence-corrected chi connectivity index (χ0v) is 21.3. The standard InChI is InChI=1S/C29H32N4O4/c1-18-11-12-22-24(32(18)29(36)37-2)13-14-25-27(22)31-26(33(25)21-10-6-7-19(15-21)17-30)16-23(28(34)35)20-8-4-3-5-9-20/h3-5,8-9,13-14,18-19,21,23H,6-7,10-12,15-16H2,1-2H3,(H,34,35)/t18-,19-,21+,23-/m1/s1. The number of aromatic nitrogens is 2. The monoisotopic (exact) mass is 500 g/mol. The maximum absolute atomic E-state index is 12.6. The summed E-state index contributed by atoms with van der Waals surface area (Å²) >= 11 is 0. The van der Waals surface area contributed by atoms with Crippen molar-refractivity contribution >= 4 is 28.8 Å². The predicted molar refractivity (Wildman–Crippen MR) is 140 cm³/mol. The average molecular weight is 501 g/mol. The first-order valence-corrected chi connectivity index (χ1v) is 13.0. The third kappa shape index (κ3) is 4.55. The lowest BCUT2D eigenvalue weighted by molar-refractivity contribution is -0.138. The topological polar surface area (TPSA) is 108 Å². The number of carboxylic acids is 1. The summed E-state index contributed by atoms with van der Waals surface area (Å²) in [5.74, 6) is -0.946. The molecule has 8 nitrogen and oxygen atoms in total. The number of benzene rings is 2. The Morgan fingerprint density at radius 2 is 1.97 bits per heavy atom. The largest absolute Gasteiger partial charge is 0.481 e. The van der Waals surface area contributed by atoms with Crippen LogP contribution in [0.4, 0.5) is 10.5 Å². The van der Waals surface area contributed by atoms with Gasteiger partial charge in [-0.2, -0.15) is 5.26 Å². The van der Waals surface area contributed by atoms with Crippen LogP contribution in [-0.2, 0) is 22.4 Å². The number of carboxylic acid groups (broad SMARTS) is 1. The van der Waals surface area contributed by atoms with Crippen LogP contribution in [0.25, 0.3) is 11.0 Å². The Balaban J connectivity index is 1.66. The van der Waals surface area contributed by atoms with Crippen molar-refractivity contribution in [1.29, 1.82) is 5.26 Å². The van der Waals surface area contributed by atoms with E-state index in [9.17, 15) is 20.0 Å². The third-order valence-electron chi connectivity index (χ3n) is 7.98. The minimum absolute atomic E-state index is 0.00292. The second kappa shape index (κ2) is 10.3. The Bertz CT molecular complexity index is 1360. The minimum Gasteiger partial charge on any atom is -0.481 e. The number of rotatable bonds is 5. The van der Waals surface area contributed by atoms with Crippen molar-refractivity contribution < 1.29 is 19.4 Å². The Morgan fingerprint density at radius 3 is 2.68 bits per heavy atom. The van der Waals surface area contributed by atoms with E-state index in [4.69, 9.17) is 9.72 Å². The van der Waals surface area contributed by atoms with Gasteiger partial charge in [0, 0.05) is 30.0 Å². The highest BCUT2D eigenvalue weighted by Gasteiger charge is 2.34. The highest BCUT2D eigenvalue weighted by Crippen LogP contribution is 2.41. The molecule has 0 radical (unpaired) electrons. The Morgan fingerprint density at radius 1 is 1.19 bits per heavy atom. The number of carbonyl (C=O) groups is 2. The molecule has 0 bridgehead atoms. The summed E-state index contributed by atoms with van der Waals surface area (Å²) in [6.45, 7) is 2.01. The highest BCUT2D eigenvalue weighted by molar-refractivity contribution is 5.95. The molecule has 1 N–H and O–H groups in total. The van der Waals surface area contributed by atoms with E-state index in [1.54, 1.807) is 4.90 Å². The van der Waals surface area contributed by atoms with E-state index < -0.39 is 18.0 Å². The number of ether oxygens (including phenoxy) is 1.